The molecule has 20 heavy (non-hydrogen) atoms. The standard InChI is InChI=1S/C18H29NO/c1-14-4-10-17(11-5-14)19-15(2)6-7-16-8-12-18(20-3)13-9-16/h8-9,12-15,17,19H,4-7,10-11H2,1-3H3. The maximum absolute atomic E-state index is 5.19. The van der Waals surface area contributed by atoms with E-state index in [4.69, 9.17) is 4.74 Å². The first-order valence-electron chi connectivity index (χ1n) is 8.06. The number of benzene rings is 1. The molecule has 0 aromatic heterocycles. The van der Waals surface area contributed by atoms with E-state index in [0.717, 1.165) is 24.1 Å². The minimum absolute atomic E-state index is 0.607. The van der Waals surface area contributed by atoms with Crippen molar-refractivity contribution in [1.82, 2.24) is 5.32 Å². The molecule has 1 aliphatic rings. The Hall–Kier alpha value is -1.02. The molecule has 2 nitrogen and oxygen atoms in total. The van der Waals surface area contributed by atoms with E-state index < -0.39 is 0 Å². The van der Waals surface area contributed by atoms with Gasteiger partial charge in [-0.2, -0.15) is 0 Å². The predicted molar refractivity (Wildman–Crippen MR) is 85.3 cm³/mol. The number of rotatable bonds is 6. The van der Waals surface area contributed by atoms with Gasteiger partial charge in [0.2, 0.25) is 0 Å². The van der Waals surface area contributed by atoms with Crippen LogP contribution in [0.15, 0.2) is 24.3 Å². The summed E-state index contributed by atoms with van der Waals surface area (Å²) in [6.45, 7) is 4.70. The molecule has 1 aromatic carbocycles. The lowest BCUT2D eigenvalue weighted by Gasteiger charge is -2.29. The van der Waals surface area contributed by atoms with Gasteiger partial charge in [0, 0.05) is 12.1 Å². The summed E-state index contributed by atoms with van der Waals surface area (Å²) >= 11 is 0. The van der Waals surface area contributed by atoms with Crippen molar-refractivity contribution in [1.29, 1.82) is 0 Å². The molecule has 0 heterocycles. The number of aryl methyl sites for hydroxylation is 1. The normalized spacial score (nSPS) is 24.4. The monoisotopic (exact) mass is 275 g/mol. The third-order valence-corrected chi connectivity index (χ3v) is 4.56. The van der Waals surface area contributed by atoms with E-state index in [0.29, 0.717) is 6.04 Å². The molecular formula is C18H29NO. The zero-order chi connectivity index (χ0) is 14.4. The van der Waals surface area contributed by atoms with Crippen molar-refractivity contribution in [2.45, 2.75) is 64.5 Å². The molecule has 1 aliphatic carbocycles. The molecule has 1 saturated carbocycles. The van der Waals surface area contributed by atoms with Gasteiger partial charge in [-0.15, -0.1) is 0 Å². The third kappa shape index (κ3) is 4.82. The molecule has 1 fully saturated rings. The fourth-order valence-electron chi connectivity index (χ4n) is 3.09. The van der Waals surface area contributed by atoms with Gasteiger partial charge in [0.15, 0.2) is 0 Å². The molecule has 0 amide bonds. The van der Waals surface area contributed by atoms with E-state index in [1.165, 1.54) is 37.7 Å². The molecule has 0 spiro atoms. The second-order valence-electron chi connectivity index (χ2n) is 6.41. The van der Waals surface area contributed by atoms with Crippen molar-refractivity contribution in [3.8, 4) is 5.75 Å². The van der Waals surface area contributed by atoms with Gasteiger partial charge < -0.3 is 10.1 Å². The van der Waals surface area contributed by atoms with Crippen molar-refractivity contribution in [2.24, 2.45) is 5.92 Å². The average Bonchev–Trinajstić information content (AvgIpc) is 2.48. The van der Waals surface area contributed by atoms with Crippen LogP contribution in [-0.4, -0.2) is 19.2 Å². The smallest absolute Gasteiger partial charge is 0.118 e. The Morgan fingerprint density at radius 3 is 2.40 bits per heavy atom. The molecule has 1 aromatic rings. The van der Waals surface area contributed by atoms with Crippen molar-refractivity contribution >= 4 is 0 Å². The summed E-state index contributed by atoms with van der Waals surface area (Å²) in [5.41, 5.74) is 1.40. The zero-order valence-electron chi connectivity index (χ0n) is 13.2. The Labute approximate surface area is 123 Å². The molecule has 0 bridgehead atoms. The Morgan fingerprint density at radius 1 is 1.15 bits per heavy atom. The van der Waals surface area contributed by atoms with Crippen LogP contribution in [0.1, 0.15) is 51.5 Å². The van der Waals surface area contributed by atoms with E-state index in [9.17, 15) is 0 Å². The summed E-state index contributed by atoms with van der Waals surface area (Å²) < 4.78 is 5.19. The maximum atomic E-state index is 5.19. The fraction of sp³-hybridized carbons (Fsp3) is 0.667. The second kappa shape index (κ2) is 7.68. The molecule has 1 N–H and O–H groups in total. The van der Waals surface area contributed by atoms with Gasteiger partial charge in [0.25, 0.3) is 0 Å². The van der Waals surface area contributed by atoms with Gasteiger partial charge in [-0.25, -0.2) is 0 Å². The lowest BCUT2D eigenvalue weighted by atomic mass is 9.87. The molecule has 1 atom stereocenters. The predicted octanol–water partition coefficient (Wildman–Crippen LogP) is 4.18. The summed E-state index contributed by atoms with van der Waals surface area (Å²) in [4.78, 5) is 0. The molecule has 0 radical (unpaired) electrons. The van der Waals surface area contributed by atoms with Crippen LogP contribution in [0.5, 0.6) is 5.75 Å². The molecule has 0 saturated heterocycles. The fourth-order valence-corrected chi connectivity index (χ4v) is 3.09. The number of methoxy groups -OCH3 is 1. The average molecular weight is 275 g/mol. The van der Waals surface area contributed by atoms with E-state index in [2.05, 4.69) is 43.4 Å². The highest BCUT2D eigenvalue weighted by atomic mass is 16.5. The van der Waals surface area contributed by atoms with Gasteiger partial charge in [0.05, 0.1) is 7.11 Å². The van der Waals surface area contributed by atoms with Crippen LogP contribution >= 0.6 is 0 Å². The number of hydrogen-bond donors (Lipinski definition) is 1. The van der Waals surface area contributed by atoms with E-state index >= 15 is 0 Å². The molecule has 2 rings (SSSR count). The minimum Gasteiger partial charge on any atom is -0.497 e. The highest BCUT2D eigenvalue weighted by molar-refractivity contribution is 5.27. The summed E-state index contributed by atoms with van der Waals surface area (Å²) in [7, 11) is 1.71. The van der Waals surface area contributed by atoms with E-state index in [-0.39, 0.29) is 0 Å². The Balaban J connectivity index is 1.70. The zero-order valence-corrected chi connectivity index (χ0v) is 13.2. The summed E-state index contributed by atoms with van der Waals surface area (Å²) in [5, 5.41) is 3.81. The van der Waals surface area contributed by atoms with Crippen molar-refractivity contribution in [3.63, 3.8) is 0 Å². The van der Waals surface area contributed by atoms with E-state index in [1.54, 1.807) is 7.11 Å². The number of hydrogen-bond acceptors (Lipinski definition) is 2. The quantitative estimate of drug-likeness (QED) is 0.840. The summed E-state index contributed by atoms with van der Waals surface area (Å²) in [5.74, 6) is 1.87. The number of nitrogens with one attached hydrogen (secondary N) is 1. The first kappa shape index (κ1) is 15.4. The minimum atomic E-state index is 0.607. The highest BCUT2D eigenvalue weighted by Gasteiger charge is 2.19. The topological polar surface area (TPSA) is 21.3 Å². The maximum Gasteiger partial charge on any atom is 0.118 e. The molecular weight excluding hydrogens is 246 g/mol. The van der Waals surface area contributed by atoms with Crippen LogP contribution in [0.3, 0.4) is 0 Å². The second-order valence-corrected chi connectivity index (χ2v) is 6.41. The van der Waals surface area contributed by atoms with Crippen LogP contribution < -0.4 is 10.1 Å². The Morgan fingerprint density at radius 2 is 1.80 bits per heavy atom. The lowest BCUT2D eigenvalue weighted by molar-refractivity contribution is 0.286. The molecule has 1 unspecified atom stereocenters. The SMILES string of the molecule is COc1ccc(CCC(C)NC2CCC(C)CC2)cc1. The van der Waals surface area contributed by atoms with Crippen LogP contribution in [0.4, 0.5) is 0 Å². The Bertz CT molecular complexity index is 379. The lowest BCUT2D eigenvalue weighted by Crippen LogP contribution is -2.39. The Kier molecular flexibility index (Phi) is 5.90. The van der Waals surface area contributed by atoms with Gasteiger partial charge in [-0.05, 0) is 69.1 Å². The van der Waals surface area contributed by atoms with Gasteiger partial charge in [-0.1, -0.05) is 19.1 Å². The van der Waals surface area contributed by atoms with Crippen LogP contribution in [0.25, 0.3) is 0 Å². The van der Waals surface area contributed by atoms with Crippen LogP contribution in [0, 0.1) is 5.92 Å². The van der Waals surface area contributed by atoms with Gasteiger partial charge in [-0.3, -0.25) is 0 Å². The third-order valence-electron chi connectivity index (χ3n) is 4.56. The van der Waals surface area contributed by atoms with Gasteiger partial charge >= 0.3 is 0 Å². The van der Waals surface area contributed by atoms with Crippen molar-refractivity contribution < 1.29 is 4.74 Å². The highest BCUT2D eigenvalue weighted by Crippen LogP contribution is 2.24. The molecule has 0 aliphatic heterocycles. The molecule has 2 heteroatoms. The van der Waals surface area contributed by atoms with E-state index in [1.807, 2.05) is 0 Å². The van der Waals surface area contributed by atoms with Crippen molar-refractivity contribution in [2.75, 3.05) is 7.11 Å². The number of ether oxygens (including phenoxy) is 1. The first-order chi connectivity index (χ1) is 9.67. The summed E-state index contributed by atoms with van der Waals surface area (Å²) in [6.07, 6.45) is 7.84. The summed E-state index contributed by atoms with van der Waals surface area (Å²) in [6, 6.07) is 9.81. The largest absolute Gasteiger partial charge is 0.497 e. The van der Waals surface area contributed by atoms with Crippen molar-refractivity contribution in [3.05, 3.63) is 29.8 Å². The van der Waals surface area contributed by atoms with Crippen LogP contribution in [-0.2, 0) is 6.42 Å². The molecule has 112 valence electrons. The first-order valence-corrected chi connectivity index (χ1v) is 8.06. The van der Waals surface area contributed by atoms with Gasteiger partial charge in [0.1, 0.15) is 5.75 Å². The van der Waals surface area contributed by atoms with Crippen LogP contribution in [0.2, 0.25) is 0 Å².